The monoisotopic (exact) mass is 392 g/mol. The van der Waals surface area contributed by atoms with Crippen LogP contribution in [0.4, 0.5) is 8.78 Å². The Morgan fingerprint density at radius 3 is 2.86 bits per heavy atom. The van der Waals surface area contributed by atoms with Gasteiger partial charge in [-0.2, -0.15) is 8.78 Å². The van der Waals surface area contributed by atoms with E-state index in [9.17, 15) is 13.6 Å². The van der Waals surface area contributed by atoms with Crippen LogP contribution >= 0.6 is 39.0 Å². The number of alkyl halides is 2. The molecule has 0 fully saturated rings. The highest BCUT2D eigenvalue weighted by atomic mass is 79.9. The van der Waals surface area contributed by atoms with E-state index in [4.69, 9.17) is 0 Å². The molecule has 3 nitrogen and oxygen atoms in total. The number of amides is 1. The van der Waals surface area contributed by atoms with Crippen molar-refractivity contribution in [3.8, 4) is 0 Å². The summed E-state index contributed by atoms with van der Waals surface area (Å²) in [4.78, 5) is 18.7. The summed E-state index contributed by atoms with van der Waals surface area (Å²) >= 11 is 5.17. The Kier molecular flexibility index (Phi) is 5.72. The second-order valence-corrected chi connectivity index (χ2v) is 7.63. The predicted octanol–water partition coefficient (Wildman–Crippen LogP) is 4.49. The fraction of sp³-hybridized carbons (Fsp3) is 0.231. The van der Waals surface area contributed by atoms with Gasteiger partial charge in [-0.3, -0.25) is 4.79 Å². The number of hydrogen-bond donors (Lipinski definition) is 0. The van der Waals surface area contributed by atoms with Gasteiger partial charge in [-0.05, 0) is 52.0 Å². The number of nitrogens with zero attached hydrogens (tertiary/aromatic N) is 2. The molecule has 2 heterocycles. The molecule has 2 rings (SSSR count). The highest BCUT2D eigenvalue weighted by Crippen LogP contribution is 2.28. The maximum atomic E-state index is 12.5. The summed E-state index contributed by atoms with van der Waals surface area (Å²) in [6.45, 7) is 0.419. The standard InChI is InChI=1S/C13H11BrF2N2OS2/c1-18(7-8-4-5-10(14)20-8)12(19)9-3-2-6-17-11(9)21-13(15)16/h2-6,13H,7H2,1H3. The SMILES string of the molecule is CN(Cc1ccc(Br)s1)C(=O)c1cccnc1SC(F)F. The molecule has 0 bridgehead atoms. The number of halogens is 3. The normalized spacial score (nSPS) is 10.9. The lowest BCUT2D eigenvalue weighted by molar-refractivity contribution is 0.0782. The van der Waals surface area contributed by atoms with Gasteiger partial charge in [0.2, 0.25) is 0 Å². The van der Waals surface area contributed by atoms with E-state index in [2.05, 4.69) is 20.9 Å². The van der Waals surface area contributed by atoms with Crippen LogP contribution in [-0.2, 0) is 6.54 Å². The van der Waals surface area contributed by atoms with Gasteiger partial charge in [-0.1, -0.05) is 0 Å². The molecule has 0 saturated carbocycles. The molecule has 2 aromatic heterocycles. The summed E-state index contributed by atoms with van der Waals surface area (Å²) < 4.78 is 26.0. The molecule has 0 unspecified atom stereocenters. The number of carbonyl (C=O) groups is 1. The first-order valence-electron chi connectivity index (χ1n) is 5.87. The van der Waals surface area contributed by atoms with Gasteiger partial charge < -0.3 is 4.90 Å². The quantitative estimate of drug-likeness (QED) is 0.702. The minimum absolute atomic E-state index is 0.0525. The third-order valence-corrected chi connectivity index (χ3v) is 4.91. The topological polar surface area (TPSA) is 33.2 Å². The van der Waals surface area contributed by atoms with E-state index >= 15 is 0 Å². The molecular weight excluding hydrogens is 382 g/mol. The molecule has 2 aromatic rings. The Balaban J connectivity index is 2.15. The zero-order valence-corrected chi connectivity index (χ0v) is 14.1. The average molecular weight is 393 g/mol. The predicted molar refractivity (Wildman–Crippen MR) is 83.9 cm³/mol. The van der Waals surface area contributed by atoms with Crippen LogP contribution in [0.5, 0.6) is 0 Å². The molecule has 0 aliphatic carbocycles. The Morgan fingerprint density at radius 1 is 1.48 bits per heavy atom. The first kappa shape index (κ1) is 16.4. The zero-order chi connectivity index (χ0) is 15.4. The van der Waals surface area contributed by atoms with Gasteiger partial charge in [-0.15, -0.1) is 11.3 Å². The Hall–Kier alpha value is -0.990. The van der Waals surface area contributed by atoms with E-state index in [1.165, 1.54) is 28.5 Å². The minimum atomic E-state index is -2.61. The van der Waals surface area contributed by atoms with Crippen LogP contribution in [0.25, 0.3) is 0 Å². The lowest BCUT2D eigenvalue weighted by Gasteiger charge is -2.17. The van der Waals surface area contributed by atoms with Gasteiger partial charge in [0.1, 0.15) is 5.03 Å². The average Bonchev–Trinajstić information content (AvgIpc) is 2.83. The van der Waals surface area contributed by atoms with Crippen molar-refractivity contribution in [2.24, 2.45) is 0 Å². The molecule has 1 amide bonds. The molecule has 112 valence electrons. The number of aromatic nitrogens is 1. The second-order valence-electron chi connectivity index (χ2n) is 4.10. The van der Waals surface area contributed by atoms with Crippen molar-refractivity contribution in [3.05, 3.63) is 44.7 Å². The molecule has 0 saturated heterocycles. The third kappa shape index (κ3) is 4.49. The van der Waals surface area contributed by atoms with Gasteiger partial charge in [0, 0.05) is 18.1 Å². The van der Waals surface area contributed by atoms with Crippen LogP contribution in [0, 0.1) is 0 Å². The molecule has 0 spiro atoms. The Bertz CT molecular complexity index is 636. The Labute approximate surface area is 137 Å². The van der Waals surface area contributed by atoms with Crippen molar-refractivity contribution < 1.29 is 13.6 Å². The van der Waals surface area contributed by atoms with E-state index in [0.29, 0.717) is 6.54 Å². The summed E-state index contributed by atoms with van der Waals surface area (Å²) in [5.74, 6) is -2.93. The maximum absolute atomic E-state index is 12.5. The number of hydrogen-bond acceptors (Lipinski definition) is 4. The number of rotatable bonds is 5. The largest absolute Gasteiger partial charge is 0.336 e. The van der Waals surface area contributed by atoms with Gasteiger partial charge in [0.25, 0.3) is 11.7 Å². The zero-order valence-electron chi connectivity index (χ0n) is 10.9. The number of carbonyl (C=O) groups excluding carboxylic acids is 1. The van der Waals surface area contributed by atoms with Crippen LogP contribution < -0.4 is 0 Å². The van der Waals surface area contributed by atoms with E-state index in [0.717, 1.165) is 8.66 Å². The van der Waals surface area contributed by atoms with Crippen molar-refractivity contribution in [2.75, 3.05) is 7.05 Å². The molecule has 0 aliphatic rings. The van der Waals surface area contributed by atoms with Crippen LogP contribution in [0.2, 0.25) is 0 Å². The van der Waals surface area contributed by atoms with E-state index in [-0.39, 0.29) is 28.3 Å². The molecule has 8 heteroatoms. The highest BCUT2D eigenvalue weighted by molar-refractivity contribution is 9.11. The van der Waals surface area contributed by atoms with Gasteiger partial charge in [0.15, 0.2) is 0 Å². The Morgan fingerprint density at radius 2 is 2.24 bits per heavy atom. The molecule has 0 atom stereocenters. The lowest BCUT2D eigenvalue weighted by atomic mass is 10.2. The van der Waals surface area contributed by atoms with Crippen molar-refractivity contribution in [2.45, 2.75) is 17.3 Å². The second kappa shape index (κ2) is 7.33. The molecule has 0 aromatic carbocycles. The molecule has 21 heavy (non-hydrogen) atoms. The van der Waals surface area contributed by atoms with Crippen LogP contribution in [0.15, 0.2) is 39.3 Å². The number of thioether (sulfide) groups is 1. The van der Waals surface area contributed by atoms with Crippen molar-refractivity contribution >= 4 is 44.9 Å². The minimum Gasteiger partial charge on any atom is -0.336 e. The van der Waals surface area contributed by atoms with Crippen molar-refractivity contribution in [3.63, 3.8) is 0 Å². The highest BCUT2D eigenvalue weighted by Gasteiger charge is 2.20. The summed E-state index contributed by atoms with van der Waals surface area (Å²) in [7, 11) is 1.64. The van der Waals surface area contributed by atoms with E-state index in [1.807, 2.05) is 12.1 Å². The number of thiophene rings is 1. The van der Waals surface area contributed by atoms with Crippen LogP contribution in [-0.4, -0.2) is 28.6 Å². The lowest BCUT2D eigenvalue weighted by Crippen LogP contribution is -2.26. The van der Waals surface area contributed by atoms with Gasteiger partial charge in [0.05, 0.1) is 15.9 Å². The van der Waals surface area contributed by atoms with E-state index < -0.39 is 5.76 Å². The molecular formula is C13H11BrF2N2OS2. The van der Waals surface area contributed by atoms with Gasteiger partial charge >= 0.3 is 0 Å². The fourth-order valence-corrected chi connectivity index (χ4v) is 3.79. The smallest absolute Gasteiger partial charge is 0.290 e. The van der Waals surface area contributed by atoms with Crippen molar-refractivity contribution in [1.29, 1.82) is 0 Å². The summed E-state index contributed by atoms with van der Waals surface area (Å²) in [5, 5.41) is 0.0525. The first-order valence-corrected chi connectivity index (χ1v) is 8.36. The number of pyridine rings is 1. The summed E-state index contributed by atoms with van der Waals surface area (Å²) in [5.41, 5.74) is 0.195. The molecule has 0 N–H and O–H groups in total. The molecule has 0 radical (unpaired) electrons. The van der Waals surface area contributed by atoms with Crippen LogP contribution in [0.3, 0.4) is 0 Å². The molecule has 0 aliphatic heterocycles. The third-order valence-electron chi connectivity index (χ3n) is 2.57. The van der Waals surface area contributed by atoms with E-state index in [1.54, 1.807) is 13.1 Å². The van der Waals surface area contributed by atoms with Crippen LogP contribution in [0.1, 0.15) is 15.2 Å². The first-order chi connectivity index (χ1) is 9.97. The van der Waals surface area contributed by atoms with Crippen molar-refractivity contribution in [1.82, 2.24) is 9.88 Å². The van der Waals surface area contributed by atoms with Gasteiger partial charge in [-0.25, -0.2) is 4.98 Å². The maximum Gasteiger partial charge on any atom is 0.290 e. The summed E-state index contributed by atoms with van der Waals surface area (Å²) in [6, 6.07) is 6.90. The fourth-order valence-electron chi connectivity index (χ4n) is 1.68. The summed E-state index contributed by atoms with van der Waals surface area (Å²) in [6.07, 6.45) is 1.40.